The molecule has 3 heterocycles. The number of aryl methyl sites for hydroxylation is 1. The van der Waals surface area contributed by atoms with E-state index in [1.165, 1.54) is 30.5 Å². The smallest absolute Gasteiger partial charge is 0.178 e. The first-order valence-electron chi connectivity index (χ1n) is 10.7. The monoisotopic (exact) mass is 418 g/mol. The van der Waals surface area contributed by atoms with Crippen LogP contribution in [-0.4, -0.2) is 32.6 Å². The predicted molar refractivity (Wildman–Crippen MR) is 126 cm³/mol. The number of H-pyrrole nitrogens is 1. The van der Waals surface area contributed by atoms with Crippen molar-refractivity contribution in [3.63, 3.8) is 0 Å². The van der Waals surface area contributed by atoms with Gasteiger partial charge in [-0.25, -0.2) is 9.97 Å². The van der Waals surface area contributed by atoms with Crippen molar-refractivity contribution in [3.05, 3.63) is 53.1 Å². The van der Waals surface area contributed by atoms with Gasteiger partial charge >= 0.3 is 0 Å². The van der Waals surface area contributed by atoms with Gasteiger partial charge in [0.2, 0.25) is 0 Å². The lowest BCUT2D eigenvalue weighted by atomic mass is 10.1. The molecule has 1 aliphatic rings. The lowest BCUT2D eigenvalue weighted by molar-refractivity contribution is 0.578. The van der Waals surface area contributed by atoms with Crippen LogP contribution in [0.15, 0.2) is 42.7 Å². The van der Waals surface area contributed by atoms with Crippen LogP contribution in [0.4, 0.5) is 11.5 Å². The van der Waals surface area contributed by atoms with Crippen LogP contribution in [0.1, 0.15) is 31.7 Å². The van der Waals surface area contributed by atoms with Crippen molar-refractivity contribution in [2.45, 2.75) is 39.3 Å². The van der Waals surface area contributed by atoms with E-state index in [2.05, 4.69) is 73.1 Å². The SMILES string of the molecule is CCn1c(=S)[nH]c2cc3c(NCc4cccc(N5CCCCC5)c4)ncnc3cc21. The molecular weight excluding hydrogens is 392 g/mol. The van der Waals surface area contributed by atoms with Gasteiger partial charge in [0.25, 0.3) is 0 Å². The van der Waals surface area contributed by atoms with Crippen molar-refractivity contribution in [2.75, 3.05) is 23.3 Å². The molecule has 0 unspecified atom stereocenters. The number of nitrogens with zero attached hydrogens (tertiary/aromatic N) is 4. The molecule has 154 valence electrons. The third kappa shape index (κ3) is 3.54. The molecule has 2 aromatic carbocycles. The Labute approximate surface area is 181 Å². The molecule has 2 aromatic heterocycles. The molecule has 0 radical (unpaired) electrons. The molecular formula is C23H26N6S. The maximum absolute atomic E-state index is 5.46. The van der Waals surface area contributed by atoms with Gasteiger partial charge in [-0.05, 0) is 68.2 Å². The summed E-state index contributed by atoms with van der Waals surface area (Å²) in [4.78, 5) is 14.8. The zero-order chi connectivity index (χ0) is 20.5. The Kier molecular flexibility index (Phi) is 5.12. The van der Waals surface area contributed by atoms with Gasteiger partial charge in [0, 0.05) is 37.3 Å². The normalized spacial score (nSPS) is 14.5. The van der Waals surface area contributed by atoms with Crippen molar-refractivity contribution in [1.82, 2.24) is 19.5 Å². The molecule has 1 saturated heterocycles. The van der Waals surface area contributed by atoms with Crippen molar-refractivity contribution < 1.29 is 0 Å². The van der Waals surface area contributed by atoms with Crippen LogP contribution in [0, 0.1) is 4.77 Å². The van der Waals surface area contributed by atoms with E-state index in [0.29, 0.717) is 0 Å². The molecule has 0 bridgehead atoms. The second kappa shape index (κ2) is 8.07. The maximum atomic E-state index is 5.46. The van der Waals surface area contributed by atoms with Crippen LogP contribution in [0.5, 0.6) is 0 Å². The summed E-state index contributed by atoms with van der Waals surface area (Å²) in [5.41, 5.74) is 5.57. The molecule has 30 heavy (non-hydrogen) atoms. The number of anilines is 2. The summed E-state index contributed by atoms with van der Waals surface area (Å²) in [6.45, 7) is 5.95. The first kappa shape index (κ1) is 19.1. The van der Waals surface area contributed by atoms with E-state index in [0.717, 1.165) is 58.7 Å². The first-order chi connectivity index (χ1) is 14.7. The van der Waals surface area contributed by atoms with E-state index >= 15 is 0 Å². The van der Waals surface area contributed by atoms with E-state index < -0.39 is 0 Å². The minimum absolute atomic E-state index is 0.720. The van der Waals surface area contributed by atoms with Gasteiger partial charge in [-0.3, -0.25) is 0 Å². The summed E-state index contributed by atoms with van der Waals surface area (Å²) >= 11 is 5.46. The number of nitrogens with one attached hydrogen (secondary N) is 2. The lowest BCUT2D eigenvalue weighted by Crippen LogP contribution is -2.29. The van der Waals surface area contributed by atoms with Crippen molar-refractivity contribution in [3.8, 4) is 0 Å². The molecule has 6 nitrogen and oxygen atoms in total. The fourth-order valence-electron chi connectivity index (χ4n) is 4.36. The van der Waals surface area contributed by atoms with Crippen LogP contribution in [-0.2, 0) is 13.1 Å². The number of benzene rings is 2. The second-order valence-corrected chi connectivity index (χ2v) is 8.24. The van der Waals surface area contributed by atoms with Gasteiger partial charge in [0.05, 0.1) is 16.6 Å². The molecule has 1 aliphatic heterocycles. The minimum atomic E-state index is 0.720. The predicted octanol–water partition coefficient (Wildman–Crippen LogP) is 5.26. The number of fused-ring (bicyclic) bond motifs is 2. The number of aromatic amines is 1. The van der Waals surface area contributed by atoms with Crippen LogP contribution in [0.3, 0.4) is 0 Å². The first-order valence-corrected chi connectivity index (χ1v) is 11.1. The van der Waals surface area contributed by atoms with Crippen LogP contribution in [0.2, 0.25) is 0 Å². The highest BCUT2D eigenvalue weighted by molar-refractivity contribution is 7.71. The Hall–Kier alpha value is -2.93. The van der Waals surface area contributed by atoms with Gasteiger partial charge in [0.1, 0.15) is 12.1 Å². The summed E-state index contributed by atoms with van der Waals surface area (Å²) in [5.74, 6) is 0.842. The minimum Gasteiger partial charge on any atom is -0.372 e. The third-order valence-electron chi connectivity index (χ3n) is 5.94. The number of imidazole rings is 1. The van der Waals surface area contributed by atoms with E-state index in [1.54, 1.807) is 6.33 Å². The molecule has 1 fully saturated rings. The Morgan fingerprint density at radius 1 is 1.10 bits per heavy atom. The molecule has 2 N–H and O–H groups in total. The fraction of sp³-hybridized carbons (Fsp3) is 0.348. The highest BCUT2D eigenvalue weighted by Crippen LogP contribution is 2.26. The third-order valence-corrected chi connectivity index (χ3v) is 6.26. The van der Waals surface area contributed by atoms with Gasteiger partial charge in [-0.1, -0.05) is 12.1 Å². The van der Waals surface area contributed by atoms with Crippen molar-refractivity contribution in [1.29, 1.82) is 0 Å². The van der Waals surface area contributed by atoms with E-state index in [4.69, 9.17) is 12.2 Å². The number of hydrogen-bond acceptors (Lipinski definition) is 5. The lowest BCUT2D eigenvalue weighted by Gasteiger charge is -2.29. The average molecular weight is 419 g/mol. The van der Waals surface area contributed by atoms with Crippen LogP contribution >= 0.6 is 12.2 Å². The molecule has 0 spiro atoms. The standard InChI is InChI=1S/C23H26N6S/c1-2-29-21-13-19-18(12-20(21)27-23(29)30)22(26-15-25-19)24-14-16-7-6-8-17(11-16)28-9-4-3-5-10-28/h6-8,11-13,15H,2-5,9-10,14H2,1H3,(H,27,30)(H,24,25,26). The molecule has 4 aromatic rings. The summed E-state index contributed by atoms with van der Waals surface area (Å²) in [7, 11) is 0. The zero-order valence-electron chi connectivity index (χ0n) is 17.2. The van der Waals surface area contributed by atoms with Gasteiger partial charge < -0.3 is 19.8 Å². The molecule has 0 amide bonds. The molecule has 7 heteroatoms. The van der Waals surface area contributed by atoms with Gasteiger partial charge in [0.15, 0.2) is 4.77 Å². The second-order valence-electron chi connectivity index (χ2n) is 7.85. The van der Waals surface area contributed by atoms with Crippen molar-refractivity contribution in [2.24, 2.45) is 0 Å². The summed E-state index contributed by atoms with van der Waals surface area (Å²) in [5, 5.41) is 4.51. The molecule has 0 aliphatic carbocycles. The maximum Gasteiger partial charge on any atom is 0.178 e. The summed E-state index contributed by atoms with van der Waals surface area (Å²) in [6, 6.07) is 13.0. The number of rotatable bonds is 5. The van der Waals surface area contributed by atoms with Crippen LogP contribution in [0.25, 0.3) is 21.9 Å². The molecule has 0 saturated carbocycles. The Morgan fingerprint density at radius 2 is 1.97 bits per heavy atom. The average Bonchev–Trinajstić information content (AvgIpc) is 3.10. The summed E-state index contributed by atoms with van der Waals surface area (Å²) in [6.07, 6.45) is 5.54. The highest BCUT2D eigenvalue weighted by atomic mass is 32.1. The zero-order valence-corrected chi connectivity index (χ0v) is 18.0. The highest BCUT2D eigenvalue weighted by Gasteiger charge is 2.12. The molecule has 0 atom stereocenters. The topological polar surface area (TPSA) is 61.8 Å². The van der Waals surface area contributed by atoms with Crippen LogP contribution < -0.4 is 10.2 Å². The van der Waals surface area contributed by atoms with E-state index in [1.807, 2.05) is 0 Å². The number of hydrogen-bond donors (Lipinski definition) is 2. The Morgan fingerprint density at radius 3 is 2.80 bits per heavy atom. The van der Waals surface area contributed by atoms with Crippen molar-refractivity contribution >= 4 is 45.7 Å². The van der Waals surface area contributed by atoms with E-state index in [-0.39, 0.29) is 0 Å². The summed E-state index contributed by atoms with van der Waals surface area (Å²) < 4.78 is 2.82. The quantitative estimate of drug-likeness (QED) is 0.433. The van der Waals surface area contributed by atoms with Gasteiger partial charge in [-0.15, -0.1) is 0 Å². The largest absolute Gasteiger partial charge is 0.372 e. The Balaban J connectivity index is 1.43. The number of aromatic nitrogens is 4. The fourth-order valence-corrected chi connectivity index (χ4v) is 4.70. The number of piperidine rings is 1. The van der Waals surface area contributed by atoms with E-state index in [9.17, 15) is 0 Å². The van der Waals surface area contributed by atoms with Gasteiger partial charge in [-0.2, -0.15) is 0 Å². The molecule has 5 rings (SSSR count). The Bertz CT molecular complexity index is 1250.